The van der Waals surface area contributed by atoms with Crippen LogP contribution in [0.1, 0.15) is 22.9 Å². The second-order valence-corrected chi connectivity index (χ2v) is 9.13. The molecule has 1 aliphatic rings. The molecule has 0 aliphatic carbocycles. The number of nitrogens with zero attached hydrogens (tertiary/aromatic N) is 1. The van der Waals surface area contributed by atoms with Gasteiger partial charge in [-0.1, -0.05) is 48.0 Å². The van der Waals surface area contributed by atoms with Gasteiger partial charge in [-0.15, -0.1) is 0 Å². The molecule has 156 valence electrons. The van der Waals surface area contributed by atoms with Crippen molar-refractivity contribution in [1.82, 2.24) is 4.31 Å². The topological polar surface area (TPSA) is 49.4 Å². The molecular formula is C21H16ClF3N2O2S. The lowest BCUT2D eigenvalue weighted by Crippen LogP contribution is -2.42. The van der Waals surface area contributed by atoms with E-state index in [9.17, 15) is 21.6 Å². The first-order valence-electron chi connectivity index (χ1n) is 8.95. The van der Waals surface area contributed by atoms with Gasteiger partial charge < -0.3 is 5.32 Å². The fraction of sp³-hybridized carbons (Fsp3) is 0.143. The van der Waals surface area contributed by atoms with Gasteiger partial charge in [0, 0.05) is 11.6 Å². The Morgan fingerprint density at radius 1 is 0.933 bits per heavy atom. The minimum Gasteiger partial charge on any atom is -0.364 e. The van der Waals surface area contributed by atoms with Crippen LogP contribution < -0.4 is 5.32 Å². The standard InChI is InChI=1S/C21H16ClF3N2O2S/c22-17-11-5-14(6-12-17)13-27-20(15-7-9-16(10-8-15)21(23,24)25)26-18-3-1-2-4-19(18)30(27,28)29/h1-12,20,26H,13H2/t20-/m0/s1. The average molecular weight is 453 g/mol. The fourth-order valence-corrected chi connectivity index (χ4v) is 5.15. The SMILES string of the molecule is O=S1(=O)c2ccccc2N[C@H](c2ccc(C(F)(F)F)cc2)N1Cc1ccc(Cl)cc1. The minimum atomic E-state index is -4.47. The van der Waals surface area contributed by atoms with E-state index >= 15 is 0 Å². The van der Waals surface area contributed by atoms with Crippen molar-refractivity contribution in [2.75, 3.05) is 5.32 Å². The lowest BCUT2D eigenvalue weighted by Gasteiger charge is -2.37. The van der Waals surface area contributed by atoms with E-state index in [4.69, 9.17) is 11.6 Å². The Morgan fingerprint density at radius 3 is 2.20 bits per heavy atom. The first kappa shape index (κ1) is 20.7. The number of fused-ring (bicyclic) bond motifs is 1. The van der Waals surface area contributed by atoms with Gasteiger partial charge in [0.25, 0.3) is 0 Å². The molecule has 0 spiro atoms. The zero-order valence-corrected chi connectivity index (χ0v) is 17.0. The van der Waals surface area contributed by atoms with Gasteiger partial charge in [-0.25, -0.2) is 8.42 Å². The van der Waals surface area contributed by atoms with E-state index in [1.54, 1.807) is 42.5 Å². The smallest absolute Gasteiger partial charge is 0.364 e. The second-order valence-electron chi connectivity index (χ2n) is 6.84. The van der Waals surface area contributed by atoms with Crippen LogP contribution in [0, 0.1) is 0 Å². The molecule has 0 amide bonds. The lowest BCUT2D eigenvalue weighted by molar-refractivity contribution is -0.137. The van der Waals surface area contributed by atoms with Gasteiger partial charge in [0.05, 0.1) is 11.3 Å². The Labute approximate surface area is 177 Å². The molecule has 1 aliphatic heterocycles. The van der Waals surface area contributed by atoms with Crippen molar-refractivity contribution in [1.29, 1.82) is 0 Å². The van der Waals surface area contributed by atoms with Crippen LogP contribution in [0.5, 0.6) is 0 Å². The van der Waals surface area contributed by atoms with Gasteiger partial charge in [0.2, 0.25) is 10.0 Å². The molecule has 0 aromatic heterocycles. The molecule has 0 fully saturated rings. The van der Waals surface area contributed by atoms with Crippen molar-refractivity contribution in [2.24, 2.45) is 0 Å². The average Bonchev–Trinajstić information content (AvgIpc) is 2.71. The zero-order valence-electron chi connectivity index (χ0n) is 15.4. The van der Waals surface area contributed by atoms with Gasteiger partial charge in [0.1, 0.15) is 11.1 Å². The molecule has 30 heavy (non-hydrogen) atoms. The zero-order chi connectivity index (χ0) is 21.5. The molecule has 1 atom stereocenters. The summed E-state index contributed by atoms with van der Waals surface area (Å²) in [6.45, 7) is 0.0204. The molecule has 0 radical (unpaired) electrons. The lowest BCUT2D eigenvalue weighted by atomic mass is 10.1. The Bertz CT molecular complexity index is 1160. The third-order valence-corrected chi connectivity index (χ3v) is 6.98. The van der Waals surface area contributed by atoms with Crippen molar-refractivity contribution in [3.63, 3.8) is 0 Å². The maximum absolute atomic E-state index is 13.4. The number of nitrogens with one attached hydrogen (secondary N) is 1. The highest BCUT2D eigenvalue weighted by Gasteiger charge is 2.39. The van der Waals surface area contributed by atoms with Gasteiger partial charge in [-0.05, 0) is 47.5 Å². The number of para-hydroxylation sites is 1. The highest BCUT2D eigenvalue weighted by Crippen LogP contribution is 2.40. The summed E-state index contributed by atoms with van der Waals surface area (Å²) in [5.41, 5.74) is 0.695. The second kappa shape index (κ2) is 7.61. The number of hydrogen-bond acceptors (Lipinski definition) is 3. The first-order chi connectivity index (χ1) is 14.2. The van der Waals surface area contributed by atoms with Crippen LogP contribution in [-0.4, -0.2) is 12.7 Å². The quantitative estimate of drug-likeness (QED) is 0.556. The number of benzene rings is 3. The van der Waals surface area contributed by atoms with E-state index in [1.807, 2.05) is 0 Å². The van der Waals surface area contributed by atoms with Crippen LogP contribution in [-0.2, 0) is 22.7 Å². The van der Waals surface area contributed by atoms with Crippen molar-refractivity contribution < 1.29 is 21.6 Å². The number of rotatable bonds is 3. The monoisotopic (exact) mass is 452 g/mol. The number of halogens is 4. The van der Waals surface area contributed by atoms with Crippen LogP contribution in [0.15, 0.2) is 77.7 Å². The third kappa shape index (κ3) is 3.90. The predicted octanol–water partition coefficient (Wildman–Crippen LogP) is 5.67. The van der Waals surface area contributed by atoms with Crippen molar-refractivity contribution >= 4 is 27.3 Å². The van der Waals surface area contributed by atoms with E-state index in [0.717, 1.165) is 12.1 Å². The number of alkyl halides is 3. The van der Waals surface area contributed by atoms with Crippen LogP contribution in [0.3, 0.4) is 0 Å². The van der Waals surface area contributed by atoms with Crippen molar-refractivity contribution in [2.45, 2.75) is 23.8 Å². The molecule has 0 saturated heterocycles. The molecule has 9 heteroatoms. The number of sulfonamides is 1. The number of hydrogen-bond donors (Lipinski definition) is 1. The van der Waals surface area contributed by atoms with Crippen molar-refractivity contribution in [3.05, 3.63) is 94.5 Å². The maximum atomic E-state index is 13.4. The molecule has 0 unspecified atom stereocenters. The largest absolute Gasteiger partial charge is 0.416 e. The van der Waals surface area contributed by atoms with E-state index in [1.165, 1.54) is 22.5 Å². The minimum absolute atomic E-state index is 0.0204. The maximum Gasteiger partial charge on any atom is 0.416 e. The van der Waals surface area contributed by atoms with Gasteiger partial charge in [0.15, 0.2) is 0 Å². The first-order valence-corrected chi connectivity index (χ1v) is 10.8. The summed E-state index contributed by atoms with van der Waals surface area (Å²) in [5, 5.41) is 3.66. The molecule has 3 aromatic rings. The van der Waals surface area contributed by atoms with Crippen LogP contribution in [0.25, 0.3) is 0 Å². The summed E-state index contributed by atoms with van der Waals surface area (Å²) in [5.74, 6) is 0. The molecule has 3 aromatic carbocycles. The summed E-state index contributed by atoms with van der Waals surface area (Å²) in [6, 6.07) is 17.7. The van der Waals surface area contributed by atoms with E-state index in [0.29, 0.717) is 21.8 Å². The number of anilines is 1. The predicted molar refractivity (Wildman–Crippen MR) is 108 cm³/mol. The summed E-state index contributed by atoms with van der Waals surface area (Å²) in [4.78, 5) is 0.113. The summed E-state index contributed by atoms with van der Waals surface area (Å²) < 4.78 is 66.8. The molecule has 1 N–H and O–H groups in total. The third-order valence-electron chi connectivity index (χ3n) is 4.86. The summed E-state index contributed by atoms with van der Waals surface area (Å²) in [7, 11) is -3.91. The van der Waals surface area contributed by atoms with E-state index in [2.05, 4.69) is 5.32 Å². The molecule has 0 saturated carbocycles. The Kier molecular flexibility index (Phi) is 5.25. The van der Waals surface area contributed by atoms with Crippen molar-refractivity contribution in [3.8, 4) is 0 Å². The molecule has 4 rings (SSSR count). The van der Waals surface area contributed by atoms with Gasteiger partial charge in [-0.3, -0.25) is 0 Å². The van der Waals surface area contributed by atoms with E-state index in [-0.39, 0.29) is 11.4 Å². The Hall–Kier alpha value is -2.55. The molecule has 4 nitrogen and oxygen atoms in total. The Balaban J connectivity index is 1.78. The highest BCUT2D eigenvalue weighted by molar-refractivity contribution is 7.89. The van der Waals surface area contributed by atoms with Gasteiger partial charge in [-0.2, -0.15) is 17.5 Å². The van der Waals surface area contributed by atoms with Gasteiger partial charge >= 0.3 is 6.18 Å². The van der Waals surface area contributed by atoms with E-state index < -0.39 is 27.9 Å². The summed E-state index contributed by atoms with van der Waals surface area (Å²) >= 11 is 5.92. The summed E-state index contributed by atoms with van der Waals surface area (Å²) in [6.07, 6.45) is -5.34. The highest BCUT2D eigenvalue weighted by atomic mass is 35.5. The van der Waals surface area contributed by atoms with Crippen LogP contribution >= 0.6 is 11.6 Å². The molecule has 1 heterocycles. The fourth-order valence-electron chi connectivity index (χ4n) is 3.35. The van der Waals surface area contributed by atoms with Crippen LogP contribution in [0.2, 0.25) is 5.02 Å². The molecular weight excluding hydrogens is 437 g/mol. The Morgan fingerprint density at radius 2 is 1.57 bits per heavy atom. The normalized spacial score (nSPS) is 18.5. The molecule has 0 bridgehead atoms. The van der Waals surface area contributed by atoms with Crippen LogP contribution in [0.4, 0.5) is 18.9 Å².